The zero-order chi connectivity index (χ0) is 14.7. The molecule has 1 atom stereocenters. The Morgan fingerprint density at radius 3 is 2.58 bits per heavy atom. The molecule has 0 saturated carbocycles. The number of nitrogens with zero attached hydrogens (tertiary/aromatic N) is 1. The molecular weight excluding hydrogens is 332 g/mol. The minimum atomic E-state index is -3.61. The van der Waals surface area contributed by atoms with Crippen LogP contribution in [0.2, 0.25) is 0 Å². The number of sulfonamides is 1. The van der Waals surface area contributed by atoms with Gasteiger partial charge in [-0.3, -0.25) is 0 Å². The summed E-state index contributed by atoms with van der Waals surface area (Å²) in [4.78, 5) is 1.97. The number of nitrogens with one attached hydrogen (secondary N) is 1. The van der Waals surface area contributed by atoms with Crippen molar-refractivity contribution in [3.05, 3.63) is 28.7 Å². The van der Waals surface area contributed by atoms with Gasteiger partial charge in [0.2, 0.25) is 10.0 Å². The summed E-state index contributed by atoms with van der Waals surface area (Å²) in [6.07, 6.45) is 0. The van der Waals surface area contributed by atoms with E-state index in [2.05, 4.69) is 20.7 Å². The van der Waals surface area contributed by atoms with E-state index in [4.69, 9.17) is 0 Å². The highest BCUT2D eigenvalue weighted by atomic mass is 79.9. The van der Waals surface area contributed by atoms with Gasteiger partial charge >= 0.3 is 0 Å². The molecule has 0 bridgehead atoms. The number of benzene rings is 1. The van der Waals surface area contributed by atoms with E-state index >= 15 is 0 Å². The lowest BCUT2D eigenvalue weighted by Gasteiger charge is -2.27. The Balaban J connectivity index is 2.76. The quantitative estimate of drug-likeness (QED) is 0.804. The molecule has 0 aromatic heterocycles. The van der Waals surface area contributed by atoms with Crippen molar-refractivity contribution in [3.8, 4) is 0 Å². The molecular formula is C12H19BrN2O3S. The molecule has 0 aliphatic rings. The molecule has 0 fully saturated rings. The molecule has 0 heterocycles. The second-order valence-corrected chi connectivity index (χ2v) is 7.70. The zero-order valence-electron chi connectivity index (χ0n) is 11.2. The second-order valence-electron chi connectivity index (χ2n) is 5.02. The predicted octanol–water partition coefficient (Wildman–Crippen LogP) is 1.04. The van der Waals surface area contributed by atoms with Gasteiger partial charge in [0.25, 0.3) is 0 Å². The highest BCUT2D eigenvalue weighted by Gasteiger charge is 2.24. The molecule has 1 aromatic rings. The Hall–Kier alpha value is -0.470. The highest BCUT2D eigenvalue weighted by molar-refractivity contribution is 9.10. The Labute approximate surface area is 122 Å². The third-order valence-electron chi connectivity index (χ3n) is 2.41. The third kappa shape index (κ3) is 5.58. The van der Waals surface area contributed by atoms with Gasteiger partial charge in [0.1, 0.15) is 0 Å². The summed E-state index contributed by atoms with van der Waals surface area (Å²) >= 11 is 3.23. The van der Waals surface area contributed by atoms with Gasteiger partial charge in [0.05, 0.1) is 10.5 Å². The van der Waals surface area contributed by atoms with Gasteiger partial charge in [-0.25, -0.2) is 13.1 Å². The Kier molecular flexibility index (Phi) is 5.52. The van der Waals surface area contributed by atoms with Crippen LogP contribution in [-0.2, 0) is 10.0 Å². The van der Waals surface area contributed by atoms with Gasteiger partial charge in [-0.05, 0) is 39.2 Å². The zero-order valence-corrected chi connectivity index (χ0v) is 13.6. The number of aliphatic hydroxyl groups is 1. The van der Waals surface area contributed by atoms with Crippen LogP contribution in [0.15, 0.2) is 33.6 Å². The fourth-order valence-corrected chi connectivity index (χ4v) is 3.46. The van der Waals surface area contributed by atoms with Crippen LogP contribution in [0.4, 0.5) is 0 Å². The van der Waals surface area contributed by atoms with Gasteiger partial charge < -0.3 is 10.0 Å². The van der Waals surface area contributed by atoms with E-state index in [-0.39, 0.29) is 11.4 Å². The Morgan fingerprint density at radius 2 is 2.05 bits per heavy atom. The summed E-state index contributed by atoms with van der Waals surface area (Å²) in [6, 6.07) is 6.43. The third-order valence-corrected chi connectivity index (χ3v) is 4.30. The van der Waals surface area contributed by atoms with E-state index in [0.29, 0.717) is 11.0 Å². The SMILES string of the molecule is CN(C)CC(C)(O)CNS(=O)(=O)c1cccc(Br)c1. The molecule has 0 radical (unpaired) electrons. The van der Waals surface area contributed by atoms with E-state index in [1.165, 1.54) is 12.1 Å². The summed E-state index contributed by atoms with van der Waals surface area (Å²) in [5.74, 6) is 0. The van der Waals surface area contributed by atoms with Gasteiger partial charge in [-0.1, -0.05) is 22.0 Å². The number of hydrogen-bond donors (Lipinski definition) is 2. The van der Waals surface area contributed by atoms with Crippen LogP contribution in [0.3, 0.4) is 0 Å². The van der Waals surface area contributed by atoms with Crippen molar-refractivity contribution in [3.63, 3.8) is 0 Å². The van der Waals surface area contributed by atoms with E-state index < -0.39 is 15.6 Å². The largest absolute Gasteiger partial charge is 0.387 e. The topological polar surface area (TPSA) is 69.6 Å². The van der Waals surface area contributed by atoms with Crippen molar-refractivity contribution in [1.29, 1.82) is 0 Å². The van der Waals surface area contributed by atoms with Gasteiger partial charge in [-0.2, -0.15) is 0 Å². The standard InChI is InChI=1S/C12H19BrN2O3S/c1-12(16,9-15(2)3)8-14-19(17,18)11-6-4-5-10(13)7-11/h4-7,14,16H,8-9H2,1-3H3. The molecule has 1 aromatic carbocycles. The van der Waals surface area contributed by atoms with Crippen LogP contribution in [0, 0.1) is 0 Å². The van der Waals surface area contributed by atoms with E-state index in [9.17, 15) is 13.5 Å². The lowest BCUT2D eigenvalue weighted by atomic mass is 10.1. The molecule has 108 valence electrons. The lowest BCUT2D eigenvalue weighted by Crippen LogP contribution is -2.47. The molecule has 5 nitrogen and oxygen atoms in total. The van der Waals surface area contributed by atoms with E-state index in [1.807, 2.05) is 14.1 Å². The van der Waals surface area contributed by atoms with Crippen LogP contribution < -0.4 is 4.72 Å². The minimum absolute atomic E-state index is 0.0416. The summed E-state index contributed by atoms with van der Waals surface area (Å²) in [5.41, 5.74) is -1.12. The molecule has 1 unspecified atom stereocenters. The first-order valence-corrected chi connectivity index (χ1v) is 8.02. The average Bonchev–Trinajstić information content (AvgIpc) is 2.25. The number of likely N-dealkylation sites (N-methyl/N-ethyl adjacent to an activating group) is 1. The lowest BCUT2D eigenvalue weighted by molar-refractivity contribution is 0.0386. The number of halogens is 1. The Bertz CT molecular complexity index is 530. The maximum Gasteiger partial charge on any atom is 0.240 e. The van der Waals surface area contributed by atoms with E-state index in [1.54, 1.807) is 24.0 Å². The monoisotopic (exact) mass is 350 g/mol. The maximum atomic E-state index is 12.1. The fourth-order valence-electron chi connectivity index (χ4n) is 1.71. The molecule has 2 N–H and O–H groups in total. The molecule has 0 amide bonds. The maximum absolute atomic E-state index is 12.1. The van der Waals surface area contributed by atoms with E-state index in [0.717, 1.165) is 0 Å². The predicted molar refractivity (Wildman–Crippen MR) is 78.5 cm³/mol. The first kappa shape index (κ1) is 16.6. The summed E-state index contributed by atoms with van der Waals surface area (Å²) in [6.45, 7) is 1.92. The molecule has 19 heavy (non-hydrogen) atoms. The van der Waals surface area contributed by atoms with Crippen molar-refractivity contribution in [2.24, 2.45) is 0 Å². The smallest absolute Gasteiger partial charge is 0.240 e. The minimum Gasteiger partial charge on any atom is -0.387 e. The molecule has 1 rings (SSSR count). The van der Waals surface area contributed by atoms with Gasteiger partial charge in [-0.15, -0.1) is 0 Å². The van der Waals surface area contributed by atoms with Gasteiger partial charge in [0.15, 0.2) is 0 Å². The van der Waals surface area contributed by atoms with Crippen molar-refractivity contribution in [1.82, 2.24) is 9.62 Å². The summed E-state index contributed by atoms with van der Waals surface area (Å²) in [7, 11) is 0.0232. The van der Waals surface area contributed by atoms with Crippen LogP contribution in [0.5, 0.6) is 0 Å². The summed E-state index contributed by atoms with van der Waals surface area (Å²) < 4.78 is 27.2. The summed E-state index contributed by atoms with van der Waals surface area (Å²) in [5, 5.41) is 10.1. The van der Waals surface area contributed by atoms with Crippen LogP contribution in [-0.4, -0.2) is 51.2 Å². The van der Waals surface area contributed by atoms with Crippen molar-refractivity contribution >= 4 is 26.0 Å². The Morgan fingerprint density at radius 1 is 1.42 bits per heavy atom. The molecule has 7 heteroatoms. The number of hydrogen-bond acceptors (Lipinski definition) is 4. The van der Waals surface area contributed by atoms with Crippen molar-refractivity contribution < 1.29 is 13.5 Å². The van der Waals surface area contributed by atoms with Gasteiger partial charge in [0, 0.05) is 17.6 Å². The number of rotatable bonds is 6. The molecule has 0 aliphatic heterocycles. The molecule has 0 spiro atoms. The highest BCUT2D eigenvalue weighted by Crippen LogP contribution is 2.16. The first-order chi connectivity index (χ1) is 8.62. The molecule has 0 saturated heterocycles. The van der Waals surface area contributed by atoms with Crippen LogP contribution in [0.25, 0.3) is 0 Å². The first-order valence-electron chi connectivity index (χ1n) is 5.75. The second kappa shape index (κ2) is 6.32. The fraction of sp³-hybridized carbons (Fsp3) is 0.500. The van der Waals surface area contributed by atoms with Crippen LogP contribution >= 0.6 is 15.9 Å². The normalized spacial score (nSPS) is 15.5. The molecule has 0 aliphatic carbocycles. The average molecular weight is 351 g/mol. The van der Waals surface area contributed by atoms with Crippen molar-refractivity contribution in [2.75, 3.05) is 27.2 Å². The van der Waals surface area contributed by atoms with Crippen LogP contribution in [0.1, 0.15) is 6.92 Å². The van der Waals surface area contributed by atoms with Crippen molar-refractivity contribution in [2.45, 2.75) is 17.4 Å².